The Labute approximate surface area is 170 Å². The van der Waals surface area contributed by atoms with Crippen molar-refractivity contribution in [3.63, 3.8) is 0 Å². The number of aryl methyl sites for hydroxylation is 1. The van der Waals surface area contributed by atoms with Crippen molar-refractivity contribution in [3.05, 3.63) is 59.4 Å². The van der Waals surface area contributed by atoms with Gasteiger partial charge in [0.25, 0.3) is 0 Å². The molecule has 2 aliphatic heterocycles. The molecule has 1 aromatic carbocycles. The molecule has 2 aliphatic rings. The van der Waals surface area contributed by atoms with Crippen molar-refractivity contribution in [2.75, 3.05) is 18.5 Å². The summed E-state index contributed by atoms with van der Waals surface area (Å²) in [7, 11) is 0. The number of nitrogens with zero attached hydrogens (tertiary/aromatic N) is 5. The molecule has 0 spiro atoms. The lowest BCUT2D eigenvalue weighted by Crippen LogP contribution is -2.13. The van der Waals surface area contributed by atoms with Gasteiger partial charge in [-0.1, -0.05) is 0 Å². The molecule has 9 heteroatoms. The number of aromatic nitrogens is 5. The average Bonchev–Trinajstić information content (AvgIpc) is 3.40. The molecule has 1 N–H and O–H groups in total. The van der Waals surface area contributed by atoms with Gasteiger partial charge in [-0.25, -0.2) is 4.39 Å². The zero-order valence-corrected chi connectivity index (χ0v) is 16.1. The number of pyridine rings is 1. The molecule has 0 bridgehead atoms. The first-order chi connectivity index (χ1) is 14.7. The zero-order valence-electron chi connectivity index (χ0n) is 16.1. The molecule has 4 aromatic rings. The summed E-state index contributed by atoms with van der Waals surface area (Å²) >= 11 is 0. The fourth-order valence-electron chi connectivity index (χ4n) is 4.27. The number of benzene rings is 1. The number of ether oxygens (including phenoxy) is 2. The summed E-state index contributed by atoms with van der Waals surface area (Å²) in [6.45, 7) is 3.04. The van der Waals surface area contributed by atoms with Gasteiger partial charge in [-0.2, -0.15) is 10.2 Å². The highest BCUT2D eigenvalue weighted by Crippen LogP contribution is 2.41. The Balaban J connectivity index is 1.54. The van der Waals surface area contributed by atoms with Crippen molar-refractivity contribution in [2.24, 2.45) is 0 Å². The van der Waals surface area contributed by atoms with E-state index in [1.54, 1.807) is 18.6 Å². The summed E-state index contributed by atoms with van der Waals surface area (Å²) in [6.07, 6.45) is 3.27. The smallest absolute Gasteiger partial charge is 0.170 e. The van der Waals surface area contributed by atoms with E-state index in [-0.39, 0.29) is 11.7 Å². The lowest BCUT2D eigenvalue weighted by molar-refractivity contribution is 0.249. The van der Waals surface area contributed by atoms with Crippen LogP contribution < -0.4 is 14.8 Å². The minimum atomic E-state index is -0.254. The number of nitrogens with one attached hydrogen (secondary N) is 1. The van der Waals surface area contributed by atoms with E-state index in [0.29, 0.717) is 42.5 Å². The van der Waals surface area contributed by atoms with Crippen LogP contribution in [0.15, 0.2) is 36.8 Å². The maximum Gasteiger partial charge on any atom is 0.170 e. The minimum absolute atomic E-state index is 0.0390. The number of rotatable bonds is 1. The van der Waals surface area contributed by atoms with Crippen LogP contribution in [0.1, 0.15) is 22.7 Å². The van der Waals surface area contributed by atoms with Crippen LogP contribution >= 0.6 is 0 Å². The predicted molar refractivity (Wildman–Crippen MR) is 106 cm³/mol. The molecule has 0 saturated carbocycles. The molecular weight excluding hydrogens is 387 g/mol. The van der Waals surface area contributed by atoms with Crippen LogP contribution in [0.2, 0.25) is 0 Å². The average molecular weight is 404 g/mol. The number of fused-ring (bicyclic) bond motifs is 3. The highest BCUT2D eigenvalue weighted by atomic mass is 19.1. The Kier molecular flexibility index (Phi) is 3.64. The first-order valence-corrected chi connectivity index (χ1v) is 9.67. The van der Waals surface area contributed by atoms with E-state index in [0.717, 1.165) is 28.1 Å². The monoisotopic (exact) mass is 404 g/mol. The molecule has 1 atom stereocenters. The number of hydrogen-bond acceptors (Lipinski definition) is 7. The molecule has 0 fully saturated rings. The molecule has 150 valence electrons. The molecule has 0 aliphatic carbocycles. The summed E-state index contributed by atoms with van der Waals surface area (Å²) in [5, 5.41) is 19.8. The van der Waals surface area contributed by atoms with E-state index in [4.69, 9.17) is 9.47 Å². The van der Waals surface area contributed by atoms with E-state index in [9.17, 15) is 4.39 Å². The lowest BCUT2D eigenvalue weighted by atomic mass is 9.96. The van der Waals surface area contributed by atoms with Crippen molar-refractivity contribution in [2.45, 2.75) is 19.4 Å². The van der Waals surface area contributed by atoms with E-state index in [2.05, 4.69) is 25.7 Å². The summed E-state index contributed by atoms with van der Waals surface area (Å²) in [6, 6.07) is 6.96. The highest BCUT2D eigenvalue weighted by molar-refractivity contribution is 5.82. The molecule has 5 heterocycles. The van der Waals surface area contributed by atoms with Crippen molar-refractivity contribution in [1.82, 2.24) is 24.8 Å². The van der Waals surface area contributed by atoms with Crippen LogP contribution in [0.25, 0.3) is 16.8 Å². The van der Waals surface area contributed by atoms with Crippen molar-refractivity contribution < 1.29 is 13.9 Å². The lowest BCUT2D eigenvalue weighted by Gasteiger charge is -2.17. The number of hydrogen-bond donors (Lipinski definition) is 1. The summed E-state index contributed by atoms with van der Waals surface area (Å²) < 4.78 is 28.5. The molecule has 3 aromatic heterocycles. The molecule has 0 radical (unpaired) electrons. The van der Waals surface area contributed by atoms with Crippen LogP contribution in [-0.4, -0.2) is 38.0 Å². The number of halogens is 1. The Morgan fingerprint density at radius 2 is 1.93 bits per heavy atom. The van der Waals surface area contributed by atoms with E-state index in [1.165, 1.54) is 6.07 Å². The molecule has 0 saturated heterocycles. The van der Waals surface area contributed by atoms with E-state index >= 15 is 0 Å². The third-order valence-corrected chi connectivity index (χ3v) is 5.71. The molecule has 1 unspecified atom stereocenters. The van der Waals surface area contributed by atoms with E-state index in [1.807, 2.05) is 23.5 Å². The summed E-state index contributed by atoms with van der Waals surface area (Å²) in [5.74, 6) is 1.74. The van der Waals surface area contributed by atoms with Crippen LogP contribution in [0, 0.1) is 12.7 Å². The summed E-state index contributed by atoms with van der Waals surface area (Å²) in [5.41, 5.74) is 4.65. The molecule has 30 heavy (non-hydrogen) atoms. The van der Waals surface area contributed by atoms with E-state index < -0.39 is 0 Å². The third kappa shape index (κ3) is 2.44. The molecule has 6 rings (SSSR count). The van der Waals surface area contributed by atoms with Crippen LogP contribution in [0.4, 0.5) is 10.2 Å². The van der Waals surface area contributed by atoms with Crippen molar-refractivity contribution in [3.8, 4) is 22.6 Å². The SMILES string of the molecule is Cc1nnccc1-c1cc2c(n3cnnc13)NCc1c(F)ccc3c1C(CO3)CO2. The summed E-state index contributed by atoms with van der Waals surface area (Å²) in [4.78, 5) is 0. The van der Waals surface area contributed by atoms with Crippen LogP contribution in [0.5, 0.6) is 11.5 Å². The second kappa shape index (κ2) is 6.38. The third-order valence-electron chi connectivity index (χ3n) is 5.71. The van der Waals surface area contributed by atoms with Gasteiger partial charge >= 0.3 is 0 Å². The van der Waals surface area contributed by atoms with Gasteiger partial charge in [-0.3, -0.25) is 4.40 Å². The number of anilines is 1. The quantitative estimate of drug-likeness (QED) is 0.522. The van der Waals surface area contributed by atoms with Crippen LogP contribution in [0.3, 0.4) is 0 Å². The second-order valence-corrected chi connectivity index (χ2v) is 7.44. The van der Waals surface area contributed by atoms with Crippen molar-refractivity contribution >= 4 is 11.5 Å². The van der Waals surface area contributed by atoms with Gasteiger partial charge in [0.15, 0.2) is 17.2 Å². The molecule has 0 amide bonds. The van der Waals surface area contributed by atoms with Gasteiger partial charge in [0.05, 0.1) is 31.0 Å². The second-order valence-electron chi connectivity index (χ2n) is 7.44. The van der Waals surface area contributed by atoms with Gasteiger partial charge in [0.1, 0.15) is 17.9 Å². The Bertz CT molecular complexity index is 1300. The first-order valence-electron chi connectivity index (χ1n) is 9.67. The van der Waals surface area contributed by atoms with Gasteiger partial charge < -0.3 is 14.8 Å². The maximum absolute atomic E-state index is 14.7. The standard InChI is InChI=1S/C21H17FN6O2/c1-11-13(4-5-24-26-11)14-6-18-21(28-10-25-27-20(14)28)23-7-15-16(22)2-3-17-19(15)12(8-29-17)9-30-18/h2-6,10,12,23H,7-9H2,1H3. The Morgan fingerprint density at radius 3 is 2.80 bits per heavy atom. The van der Waals surface area contributed by atoms with Gasteiger partial charge in [0.2, 0.25) is 0 Å². The topological polar surface area (TPSA) is 86.5 Å². The Hall–Kier alpha value is -3.75. The highest BCUT2D eigenvalue weighted by Gasteiger charge is 2.31. The minimum Gasteiger partial charge on any atom is -0.493 e. The zero-order chi connectivity index (χ0) is 20.2. The van der Waals surface area contributed by atoms with Gasteiger partial charge in [-0.15, -0.1) is 10.2 Å². The van der Waals surface area contributed by atoms with Gasteiger partial charge in [-0.05, 0) is 31.2 Å². The normalized spacial score (nSPS) is 17.1. The Morgan fingerprint density at radius 1 is 1.07 bits per heavy atom. The fraction of sp³-hybridized carbons (Fsp3) is 0.238. The van der Waals surface area contributed by atoms with Crippen LogP contribution in [-0.2, 0) is 6.54 Å². The predicted octanol–water partition coefficient (Wildman–Crippen LogP) is 3.11. The molecular formula is C21H17FN6O2. The van der Waals surface area contributed by atoms with Gasteiger partial charge in [0, 0.05) is 28.8 Å². The van der Waals surface area contributed by atoms with Crippen molar-refractivity contribution in [1.29, 1.82) is 0 Å². The maximum atomic E-state index is 14.7. The molecule has 8 nitrogen and oxygen atoms in total. The first kappa shape index (κ1) is 17.1. The largest absolute Gasteiger partial charge is 0.493 e. The fourth-order valence-corrected chi connectivity index (χ4v) is 4.27.